The van der Waals surface area contributed by atoms with Crippen LogP contribution in [-0.2, 0) is 23.9 Å². The lowest BCUT2D eigenvalue weighted by molar-refractivity contribution is -0.142. The van der Waals surface area contributed by atoms with E-state index in [0.29, 0.717) is 31.8 Å². The number of hydrogen-bond donors (Lipinski definition) is 5. The number of alkyl carbamates (subject to hydrolysis) is 1. The van der Waals surface area contributed by atoms with Gasteiger partial charge in [0.1, 0.15) is 12.6 Å². The number of rotatable bonds is 16. The zero-order valence-electron chi connectivity index (χ0n) is 28.1. The Morgan fingerprint density at radius 1 is 0.957 bits per heavy atom. The summed E-state index contributed by atoms with van der Waals surface area (Å²) in [5.41, 5.74) is 4.79. The van der Waals surface area contributed by atoms with Crippen LogP contribution in [0.2, 0.25) is 0 Å². The summed E-state index contributed by atoms with van der Waals surface area (Å²) in [4.78, 5) is 78.5. The molecule has 3 saturated carbocycles. The standard InChI is InChI=1S/C33H54N6O7/c1-18(2)11-22(17-46-32(45)35-15-20-9-10-20)36-31(44)38-25(33(3,4)5)14-26(40)39-16-21-13-23(21)27(39)30(43)37-24(28(41)29(34)42)12-19-7-6-8-19/h18-25,27H,6-17H2,1-5H3,(H2,34,42)(H,35,45)(H,37,43)(H2,36,38,44)/t21-,22-,23-,24?,25?,27?/m0/s1. The van der Waals surface area contributed by atoms with E-state index in [1.54, 1.807) is 4.90 Å². The number of carbonyl (C=O) groups is 6. The summed E-state index contributed by atoms with van der Waals surface area (Å²) in [6, 6.07) is -3.19. The van der Waals surface area contributed by atoms with Crippen LogP contribution in [-0.4, -0.2) is 84.4 Å². The molecule has 0 aromatic heterocycles. The molecule has 1 aliphatic heterocycles. The number of nitrogens with one attached hydrogen (secondary N) is 4. The van der Waals surface area contributed by atoms with Gasteiger partial charge in [-0.25, -0.2) is 9.59 Å². The maximum Gasteiger partial charge on any atom is 0.407 e. The van der Waals surface area contributed by atoms with Gasteiger partial charge in [0, 0.05) is 25.6 Å². The number of piperidine rings is 1. The van der Waals surface area contributed by atoms with E-state index in [9.17, 15) is 28.8 Å². The van der Waals surface area contributed by atoms with Crippen LogP contribution in [0.25, 0.3) is 0 Å². The zero-order valence-corrected chi connectivity index (χ0v) is 28.1. The van der Waals surface area contributed by atoms with Crippen LogP contribution in [0.15, 0.2) is 0 Å². The maximum atomic E-state index is 13.8. The molecule has 0 spiro atoms. The summed E-state index contributed by atoms with van der Waals surface area (Å²) in [6.07, 6.45) is 6.40. The van der Waals surface area contributed by atoms with E-state index < -0.39 is 59.3 Å². The molecule has 1 heterocycles. The zero-order chi connectivity index (χ0) is 33.8. The summed E-state index contributed by atoms with van der Waals surface area (Å²) < 4.78 is 5.38. The van der Waals surface area contributed by atoms with Crippen molar-refractivity contribution in [3.05, 3.63) is 0 Å². The van der Waals surface area contributed by atoms with E-state index in [1.807, 2.05) is 34.6 Å². The molecule has 6 N–H and O–H groups in total. The molecule has 6 amide bonds. The Morgan fingerprint density at radius 3 is 2.22 bits per heavy atom. The average Bonchev–Trinajstić information content (AvgIpc) is 3.87. The molecule has 13 nitrogen and oxygen atoms in total. The summed E-state index contributed by atoms with van der Waals surface area (Å²) in [7, 11) is 0. The van der Waals surface area contributed by atoms with E-state index in [-0.39, 0.29) is 42.6 Å². The maximum absolute atomic E-state index is 13.8. The SMILES string of the molecule is CC(C)C[C@@H](COC(=O)NCC1CC1)NC(=O)NC(CC(=O)N1C[C@@H]2C[C@@H]2C1C(=O)NC(CC1CCC1)C(=O)C(N)=O)C(C)(C)C. The van der Waals surface area contributed by atoms with Crippen molar-refractivity contribution in [3.63, 3.8) is 0 Å². The minimum absolute atomic E-state index is 0.000376. The Labute approximate surface area is 272 Å². The number of hydrogen-bond acceptors (Lipinski definition) is 7. The predicted molar refractivity (Wildman–Crippen MR) is 170 cm³/mol. The van der Waals surface area contributed by atoms with Crippen molar-refractivity contribution < 1.29 is 33.5 Å². The fourth-order valence-electron chi connectivity index (χ4n) is 6.55. The highest BCUT2D eigenvalue weighted by Crippen LogP contribution is 2.50. The Kier molecular flexibility index (Phi) is 11.6. The molecule has 13 heteroatoms. The first-order chi connectivity index (χ1) is 21.6. The minimum atomic E-state index is -1.08. The molecule has 3 unspecified atom stereocenters. The number of nitrogens with two attached hydrogens (primary N) is 1. The van der Waals surface area contributed by atoms with Gasteiger partial charge in [-0.2, -0.15) is 0 Å². The molecule has 258 valence electrons. The molecule has 1 saturated heterocycles. The van der Waals surface area contributed by atoms with Gasteiger partial charge in [0.2, 0.25) is 17.6 Å². The van der Waals surface area contributed by atoms with Crippen LogP contribution < -0.4 is 27.0 Å². The fourth-order valence-corrected chi connectivity index (χ4v) is 6.55. The highest BCUT2D eigenvalue weighted by Gasteiger charge is 2.57. The lowest BCUT2D eigenvalue weighted by Gasteiger charge is -2.35. The van der Waals surface area contributed by atoms with Crippen molar-refractivity contribution in [2.75, 3.05) is 19.7 Å². The van der Waals surface area contributed by atoms with Gasteiger partial charge in [0.25, 0.3) is 5.91 Å². The van der Waals surface area contributed by atoms with E-state index in [2.05, 4.69) is 21.3 Å². The molecule has 0 aromatic rings. The first-order valence-electron chi connectivity index (χ1n) is 17.0. The quantitative estimate of drug-likeness (QED) is 0.159. The molecular weight excluding hydrogens is 592 g/mol. The lowest BCUT2D eigenvalue weighted by Crippen LogP contribution is -2.56. The Balaban J connectivity index is 1.35. The smallest absolute Gasteiger partial charge is 0.407 e. The van der Waals surface area contributed by atoms with Crippen molar-refractivity contribution in [1.82, 2.24) is 26.2 Å². The molecule has 4 aliphatic rings. The van der Waals surface area contributed by atoms with Crippen molar-refractivity contribution in [3.8, 4) is 0 Å². The van der Waals surface area contributed by atoms with Gasteiger partial charge in [-0.3, -0.25) is 19.2 Å². The van der Waals surface area contributed by atoms with Gasteiger partial charge in [-0.15, -0.1) is 0 Å². The number of carbonyl (C=O) groups excluding carboxylic acids is 6. The van der Waals surface area contributed by atoms with E-state index in [0.717, 1.165) is 38.5 Å². The number of fused-ring (bicyclic) bond motifs is 1. The van der Waals surface area contributed by atoms with Crippen LogP contribution in [0.1, 0.15) is 92.4 Å². The third-order valence-electron chi connectivity index (χ3n) is 9.88. The number of urea groups is 1. The van der Waals surface area contributed by atoms with E-state index in [4.69, 9.17) is 10.5 Å². The van der Waals surface area contributed by atoms with Gasteiger partial charge < -0.3 is 36.6 Å². The Bertz CT molecular complexity index is 1160. The summed E-state index contributed by atoms with van der Waals surface area (Å²) in [5.74, 6) is -1.37. The number of nitrogens with zero attached hydrogens (tertiary/aromatic N) is 1. The molecule has 0 aromatic carbocycles. The van der Waals surface area contributed by atoms with Crippen LogP contribution in [0.5, 0.6) is 0 Å². The van der Waals surface area contributed by atoms with Crippen LogP contribution >= 0.6 is 0 Å². The van der Waals surface area contributed by atoms with Crippen LogP contribution in [0, 0.1) is 35.0 Å². The van der Waals surface area contributed by atoms with Gasteiger partial charge >= 0.3 is 12.1 Å². The fraction of sp³-hybridized carbons (Fsp3) is 0.818. The highest BCUT2D eigenvalue weighted by molar-refractivity contribution is 6.37. The topological polar surface area (TPSA) is 189 Å². The molecule has 46 heavy (non-hydrogen) atoms. The third kappa shape index (κ3) is 10.1. The summed E-state index contributed by atoms with van der Waals surface area (Å²) >= 11 is 0. The second-order valence-corrected chi connectivity index (χ2v) is 15.5. The largest absolute Gasteiger partial charge is 0.447 e. The van der Waals surface area contributed by atoms with Crippen LogP contribution in [0.4, 0.5) is 9.59 Å². The summed E-state index contributed by atoms with van der Waals surface area (Å²) in [5, 5.41) is 11.4. The monoisotopic (exact) mass is 646 g/mol. The average molecular weight is 647 g/mol. The number of Topliss-reactive ketones (excluding diaryl/α,β-unsaturated/α-hetero) is 1. The molecule has 4 fully saturated rings. The number of likely N-dealkylation sites (tertiary alicyclic amines) is 1. The number of ether oxygens (including phenoxy) is 1. The third-order valence-corrected chi connectivity index (χ3v) is 9.88. The first kappa shape index (κ1) is 35.5. The summed E-state index contributed by atoms with van der Waals surface area (Å²) in [6.45, 7) is 10.9. The Morgan fingerprint density at radius 2 is 1.65 bits per heavy atom. The normalized spacial score (nSPS) is 24.1. The molecular formula is C33H54N6O7. The van der Waals surface area contributed by atoms with Gasteiger partial charge in [-0.05, 0) is 67.1 Å². The van der Waals surface area contributed by atoms with Crippen molar-refractivity contribution in [1.29, 1.82) is 0 Å². The van der Waals surface area contributed by atoms with Gasteiger partial charge in [0.15, 0.2) is 0 Å². The molecule has 0 radical (unpaired) electrons. The van der Waals surface area contributed by atoms with Crippen molar-refractivity contribution >= 4 is 35.6 Å². The highest BCUT2D eigenvalue weighted by atomic mass is 16.5. The molecule has 3 aliphatic carbocycles. The molecule has 6 atom stereocenters. The Hall–Kier alpha value is -3.38. The van der Waals surface area contributed by atoms with E-state index >= 15 is 0 Å². The van der Waals surface area contributed by atoms with Crippen molar-refractivity contribution in [2.45, 2.75) is 117 Å². The number of ketones is 1. The predicted octanol–water partition coefficient (Wildman–Crippen LogP) is 2.22. The number of amides is 6. The second kappa shape index (κ2) is 15.0. The number of primary amides is 1. The first-order valence-corrected chi connectivity index (χ1v) is 17.0. The lowest BCUT2D eigenvalue weighted by atomic mass is 9.80. The minimum Gasteiger partial charge on any atom is -0.447 e. The molecule has 0 bridgehead atoms. The van der Waals surface area contributed by atoms with E-state index in [1.165, 1.54) is 0 Å². The second-order valence-electron chi connectivity index (χ2n) is 15.5. The van der Waals surface area contributed by atoms with Gasteiger partial charge in [-0.1, -0.05) is 53.9 Å². The molecule has 4 rings (SSSR count). The van der Waals surface area contributed by atoms with Crippen LogP contribution in [0.3, 0.4) is 0 Å². The van der Waals surface area contributed by atoms with Gasteiger partial charge in [0.05, 0.1) is 12.1 Å². The van der Waals surface area contributed by atoms with Crippen molar-refractivity contribution in [2.24, 2.45) is 40.7 Å².